The molecular formula is C20H39N3O2. The zero-order chi connectivity index (χ0) is 19.3. The second-order valence-electron chi connectivity index (χ2n) is 8.90. The molecule has 1 unspecified atom stereocenters. The van der Waals surface area contributed by atoms with Crippen LogP contribution in [0, 0.1) is 16.7 Å². The molecule has 5 nitrogen and oxygen atoms in total. The molecule has 0 aromatic carbocycles. The summed E-state index contributed by atoms with van der Waals surface area (Å²) in [6, 6.07) is 0. The molecule has 1 saturated heterocycles. The van der Waals surface area contributed by atoms with E-state index >= 15 is 0 Å². The van der Waals surface area contributed by atoms with Gasteiger partial charge in [-0.2, -0.15) is 0 Å². The predicted octanol–water partition coefficient (Wildman–Crippen LogP) is 2.76. The molecule has 1 aliphatic rings. The Morgan fingerprint density at radius 2 is 1.68 bits per heavy atom. The second kappa shape index (κ2) is 9.13. The molecular weight excluding hydrogens is 314 g/mol. The molecule has 25 heavy (non-hydrogen) atoms. The van der Waals surface area contributed by atoms with E-state index in [1.54, 1.807) is 0 Å². The van der Waals surface area contributed by atoms with Crippen molar-refractivity contribution in [2.75, 3.05) is 39.3 Å². The molecule has 1 heterocycles. The summed E-state index contributed by atoms with van der Waals surface area (Å²) in [6.45, 7) is 20.5. The van der Waals surface area contributed by atoms with Crippen molar-refractivity contribution in [3.8, 4) is 0 Å². The number of rotatable bonds is 10. The summed E-state index contributed by atoms with van der Waals surface area (Å²) in [5.41, 5.74) is 0.126. The first-order valence-corrected chi connectivity index (χ1v) is 9.80. The summed E-state index contributed by atoms with van der Waals surface area (Å²) < 4.78 is 0. The van der Waals surface area contributed by atoms with Crippen LogP contribution in [0.5, 0.6) is 0 Å². The number of amides is 2. The summed E-state index contributed by atoms with van der Waals surface area (Å²) in [5, 5.41) is 3.35. The van der Waals surface area contributed by atoms with E-state index in [9.17, 15) is 9.59 Å². The van der Waals surface area contributed by atoms with Gasteiger partial charge in [-0.15, -0.1) is 0 Å². The molecule has 2 amide bonds. The summed E-state index contributed by atoms with van der Waals surface area (Å²) in [7, 11) is 0. The summed E-state index contributed by atoms with van der Waals surface area (Å²) in [5.74, 6) is -0.143. The number of likely N-dealkylation sites (tertiary alicyclic amines) is 1. The van der Waals surface area contributed by atoms with E-state index in [0.29, 0.717) is 19.5 Å². The van der Waals surface area contributed by atoms with Gasteiger partial charge in [0.25, 0.3) is 0 Å². The van der Waals surface area contributed by atoms with E-state index in [1.165, 1.54) is 4.90 Å². The van der Waals surface area contributed by atoms with E-state index < -0.39 is 0 Å². The van der Waals surface area contributed by atoms with Crippen molar-refractivity contribution < 1.29 is 9.59 Å². The summed E-state index contributed by atoms with van der Waals surface area (Å²) >= 11 is 0. The van der Waals surface area contributed by atoms with Crippen molar-refractivity contribution in [1.82, 2.24) is 15.1 Å². The monoisotopic (exact) mass is 353 g/mol. The minimum absolute atomic E-state index is 0.00903. The molecule has 0 aliphatic carbocycles. The fourth-order valence-electron chi connectivity index (χ4n) is 3.16. The Balaban J connectivity index is 2.45. The number of imide groups is 1. The highest BCUT2D eigenvalue weighted by atomic mass is 16.2. The van der Waals surface area contributed by atoms with Crippen molar-refractivity contribution in [2.45, 2.75) is 61.3 Å². The first-order valence-electron chi connectivity index (χ1n) is 9.80. The Kier molecular flexibility index (Phi) is 8.07. The largest absolute Gasteiger partial charge is 0.314 e. The zero-order valence-corrected chi connectivity index (χ0v) is 17.4. The number of carbonyl (C=O) groups excluding carboxylic acids is 2. The molecule has 5 heteroatoms. The van der Waals surface area contributed by atoms with Crippen LogP contribution in [-0.4, -0.2) is 60.9 Å². The maximum atomic E-state index is 12.7. The molecule has 1 N–H and O–H groups in total. The lowest BCUT2D eigenvalue weighted by atomic mass is 9.65. The van der Waals surface area contributed by atoms with Gasteiger partial charge >= 0.3 is 0 Å². The fourth-order valence-corrected chi connectivity index (χ4v) is 3.16. The van der Waals surface area contributed by atoms with Crippen LogP contribution in [0.3, 0.4) is 0 Å². The van der Waals surface area contributed by atoms with Gasteiger partial charge in [-0.25, -0.2) is 0 Å². The average molecular weight is 354 g/mol. The minimum atomic E-state index is -0.155. The van der Waals surface area contributed by atoms with Crippen LogP contribution in [0.4, 0.5) is 0 Å². The fraction of sp³-hybridized carbons (Fsp3) is 0.900. The molecule has 1 atom stereocenters. The van der Waals surface area contributed by atoms with E-state index in [1.807, 2.05) is 0 Å². The first kappa shape index (κ1) is 22.1. The van der Waals surface area contributed by atoms with Gasteiger partial charge in [0.05, 0.1) is 0 Å². The van der Waals surface area contributed by atoms with Crippen molar-refractivity contribution in [1.29, 1.82) is 0 Å². The van der Waals surface area contributed by atoms with E-state index in [0.717, 1.165) is 32.6 Å². The Labute approximate surface area is 154 Å². The van der Waals surface area contributed by atoms with Crippen molar-refractivity contribution in [3.05, 3.63) is 0 Å². The minimum Gasteiger partial charge on any atom is -0.314 e. The number of nitrogens with one attached hydrogen (secondary N) is 1. The molecule has 1 aliphatic heterocycles. The third kappa shape index (κ3) is 6.07. The van der Waals surface area contributed by atoms with Crippen LogP contribution in [0.1, 0.15) is 61.3 Å². The van der Waals surface area contributed by atoms with Gasteiger partial charge in [-0.3, -0.25) is 14.5 Å². The standard InChI is InChI=1S/C20H39N3O2/c1-8-22(9-2)12-10-21-11-13-23-17(24)14-16(18(23)25)15-20(6,7)19(3,4)5/h16,21H,8-15H2,1-7H3. The van der Waals surface area contributed by atoms with Gasteiger partial charge in [0, 0.05) is 38.5 Å². The molecule has 0 saturated carbocycles. The number of nitrogens with zero attached hydrogens (tertiary/aromatic N) is 2. The van der Waals surface area contributed by atoms with E-state index in [2.05, 4.69) is 58.7 Å². The third-order valence-electron chi connectivity index (χ3n) is 6.14. The van der Waals surface area contributed by atoms with Crippen molar-refractivity contribution >= 4 is 11.8 Å². The molecule has 1 rings (SSSR count). The van der Waals surface area contributed by atoms with Gasteiger partial charge in [0.2, 0.25) is 11.8 Å². The quantitative estimate of drug-likeness (QED) is 0.485. The van der Waals surface area contributed by atoms with Crippen LogP contribution in [0.15, 0.2) is 0 Å². The number of hydrogen-bond donors (Lipinski definition) is 1. The number of likely N-dealkylation sites (N-methyl/N-ethyl adjacent to an activating group) is 1. The topological polar surface area (TPSA) is 52.6 Å². The van der Waals surface area contributed by atoms with Gasteiger partial charge in [0.15, 0.2) is 0 Å². The van der Waals surface area contributed by atoms with E-state index in [-0.39, 0.29) is 28.6 Å². The molecule has 0 spiro atoms. The van der Waals surface area contributed by atoms with Gasteiger partial charge in [0.1, 0.15) is 0 Å². The maximum absolute atomic E-state index is 12.7. The maximum Gasteiger partial charge on any atom is 0.232 e. The SMILES string of the molecule is CCN(CC)CCNCCN1C(=O)CC(CC(C)(C)C(C)(C)C)C1=O. The third-order valence-corrected chi connectivity index (χ3v) is 6.14. The van der Waals surface area contributed by atoms with Crippen LogP contribution in [0.2, 0.25) is 0 Å². The van der Waals surface area contributed by atoms with Crippen molar-refractivity contribution in [2.24, 2.45) is 16.7 Å². The van der Waals surface area contributed by atoms with Crippen LogP contribution >= 0.6 is 0 Å². The Morgan fingerprint density at radius 1 is 1.08 bits per heavy atom. The van der Waals surface area contributed by atoms with Gasteiger partial charge in [-0.1, -0.05) is 48.5 Å². The van der Waals surface area contributed by atoms with Crippen LogP contribution < -0.4 is 5.32 Å². The van der Waals surface area contributed by atoms with E-state index in [4.69, 9.17) is 0 Å². The zero-order valence-electron chi connectivity index (χ0n) is 17.4. The van der Waals surface area contributed by atoms with Gasteiger partial charge in [-0.05, 0) is 30.3 Å². The molecule has 0 radical (unpaired) electrons. The molecule has 146 valence electrons. The average Bonchev–Trinajstić information content (AvgIpc) is 2.76. The highest BCUT2D eigenvalue weighted by Gasteiger charge is 2.43. The highest BCUT2D eigenvalue weighted by Crippen LogP contribution is 2.44. The van der Waals surface area contributed by atoms with Crippen LogP contribution in [-0.2, 0) is 9.59 Å². The molecule has 0 aromatic heterocycles. The Morgan fingerprint density at radius 3 is 2.20 bits per heavy atom. The lowest BCUT2D eigenvalue weighted by Gasteiger charge is -2.40. The Bertz CT molecular complexity index is 450. The smallest absolute Gasteiger partial charge is 0.232 e. The normalized spacial score (nSPS) is 19.4. The molecule has 0 aromatic rings. The molecule has 1 fully saturated rings. The lowest BCUT2D eigenvalue weighted by molar-refractivity contribution is -0.139. The first-order chi connectivity index (χ1) is 11.5. The van der Waals surface area contributed by atoms with Crippen molar-refractivity contribution in [3.63, 3.8) is 0 Å². The number of hydrogen-bond acceptors (Lipinski definition) is 4. The number of carbonyl (C=O) groups is 2. The molecule has 0 bridgehead atoms. The summed E-state index contributed by atoms with van der Waals surface area (Å²) in [4.78, 5) is 28.7. The Hall–Kier alpha value is -0.940. The highest BCUT2D eigenvalue weighted by molar-refractivity contribution is 6.03. The lowest BCUT2D eigenvalue weighted by Crippen LogP contribution is -2.40. The van der Waals surface area contributed by atoms with Crippen LogP contribution in [0.25, 0.3) is 0 Å². The summed E-state index contributed by atoms with van der Waals surface area (Å²) in [6.07, 6.45) is 1.14. The van der Waals surface area contributed by atoms with Gasteiger partial charge < -0.3 is 10.2 Å². The predicted molar refractivity (Wildman–Crippen MR) is 103 cm³/mol. The second-order valence-corrected chi connectivity index (χ2v) is 8.90.